The maximum Gasteiger partial charge on any atom is 0.131 e. The smallest absolute Gasteiger partial charge is 0.131 e. The lowest BCUT2D eigenvalue weighted by atomic mass is 9.99. The van der Waals surface area contributed by atoms with Crippen LogP contribution in [-0.2, 0) is 16.0 Å². The Hall–Kier alpha value is -1.04. The van der Waals surface area contributed by atoms with E-state index in [1.165, 1.54) is 0 Å². The summed E-state index contributed by atoms with van der Waals surface area (Å²) in [4.78, 5) is 9.01. The highest BCUT2D eigenvalue weighted by atomic mass is 16.5. The zero-order valence-electron chi connectivity index (χ0n) is 10.9. The molecular weight excluding hydrogens is 230 g/mol. The first-order valence-corrected chi connectivity index (χ1v) is 6.49. The van der Waals surface area contributed by atoms with Crippen molar-refractivity contribution in [2.24, 2.45) is 0 Å². The van der Waals surface area contributed by atoms with E-state index >= 15 is 0 Å². The van der Waals surface area contributed by atoms with E-state index < -0.39 is 0 Å². The molecule has 0 amide bonds. The summed E-state index contributed by atoms with van der Waals surface area (Å²) in [5, 5.41) is 3.29. The van der Waals surface area contributed by atoms with Crippen molar-refractivity contribution in [3.05, 3.63) is 23.8 Å². The van der Waals surface area contributed by atoms with Crippen LogP contribution in [0.3, 0.4) is 0 Å². The maximum atomic E-state index is 5.36. The van der Waals surface area contributed by atoms with Gasteiger partial charge in [0.2, 0.25) is 0 Å². The lowest BCUT2D eigenvalue weighted by Crippen LogP contribution is -2.21. The van der Waals surface area contributed by atoms with Crippen molar-refractivity contribution < 1.29 is 9.47 Å². The van der Waals surface area contributed by atoms with E-state index in [1.807, 2.05) is 12.3 Å². The van der Waals surface area contributed by atoms with Crippen LogP contribution in [0.1, 0.15) is 30.3 Å². The molecule has 5 nitrogen and oxygen atoms in total. The highest BCUT2D eigenvalue weighted by Gasteiger charge is 2.18. The van der Waals surface area contributed by atoms with Crippen LogP contribution in [0.2, 0.25) is 0 Å². The third-order valence-corrected chi connectivity index (χ3v) is 3.11. The van der Waals surface area contributed by atoms with E-state index in [0.717, 1.165) is 57.3 Å². The molecule has 0 atom stereocenters. The monoisotopic (exact) mass is 251 g/mol. The summed E-state index contributed by atoms with van der Waals surface area (Å²) in [5.41, 5.74) is 1.04. The molecule has 100 valence electrons. The molecule has 0 unspecified atom stereocenters. The number of nitrogens with zero attached hydrogens (tertiary/aromatic N) is 2. The molecule has 18 heavy (non-hydrogen) atoms. The average molecular weight is 251 g/mol. The van der Waals surface area contributed by atoms with Crippen LogP contribution in [-0.4, -0.2) is 43.4 Å². The average Bonchev–Trinajstić information content (AvgIpc) is 2.45. The largest absolute Gasteiger partial charge is 0.383 e. The molecule has 1 aromatic rings. The van der Waals surface area contributed by atoms with Crippen molar-refractivity contribution in [2.75, 3.05) is 33.5 Å². The van der Waals surface area contributed by atoms with Gasteiger partial charge in [0.1, 0.15) is 5.82 Å². The first-order valence-electron chi connectivity index (χ1n) is 6.49. The third-order valence-electron chi connectivity index (χ3n) is 3.11. The molecule has 1 aliphatic heterocycles. The Morgan fingerprint density at radius 2 is 2.28 bits per heavy atom. The minimum atomic E-state index is 0.456. The highest BCUT2D eigenvalue weighted by Crippen LogP contribution is 2.23. The quantitative estimate of drug-likeness (QED) is 0.767. The molecule has 1 aromatic heterocycles. The number of nitrogens with one attached hydrogen (secondary N) is 1. The number of aromatic nitrogens is 2. The minimum Gasteiger partial charge on any atom is -0.383 e. The first kappa shape index (κ1) is 13.4. The molecule has 0 spiro atoms. The van der Waals surface area contributed by atoms with Crippen LogP contribution >= 0.6 is 0 Å². The first-order chi connectivity index (χ1) is 8.90. The Balaban J connectivity index is 1.88. The van der Waals surface area contributed by atoms with Gasteiger partial charge < -0.3 is 14.8 Å². The van der Waals surface area contributed by atoms with Crippen molar-refractivity contribution in [1.82, 2.24) is 15.3 Å². The van der Waals surface area contributed by atoms with Crippen LogP contribution < -0.4 is 5.32 Å². The summed E-state index contributed by atoms with van der Waals surface area (Å²) >= 11 is 0. The van der Waals surface area contributed by atoms with Crippen molar-refractivity contribution in [3.63, 3.8) is 0 Å². The van der Waals surface area contributed by atoms with Crippen LogP contribution in [0.5, 0.6) is 0 Å². The molecule has 0 saturated carbocycles. The molecule has 0 radical (unpaired) electrons. The topological polar surface area (TPSA) is 56.3 Å². The van der Waals surface area contributed by atoms with Gasteiger partial charge >= 0.3 is 0 Å². The van der Waals surface area contributed by atoms with Crippen molar-refractivity contribution >= 4 is 0 Å². The molecule has 0 aliphatic carbocycles. The molecule has 1 N–H and O–H groups in total. The second-order valence-corrected chi connectivity index (χ2v) is 4.46. The van der Waals surface area contributed by atoms with Crippen molar-refractivity contribution in [3.8, 4) is 0 Å². The Labute approximate surface area is 108 Å². The number of ether oxygens (including phenoxy) is 2. The Morgan fingerprint density at radius 3 is 3.06 bits per heavy atom. The second kappa shape index (κ2) is 7.41. The van der Waals surface area contributed by atoms with E-state index in [-0.39, 0.29) is 0 Å². The van der Waals surface area contributed by atoms with Gasteiger partial charge in [0.25, 0.3) is 0 Å². The van der Waals surface area contributed by atoms with Gasteiger partial charge in [0, 0.05) is 45.5 Å². The summed E-state index contributed by atoms with van der Waals surface area (Å²) in [6.45, 7) is 3.97. The maximum absolute atomic E-state index is 5.36. The SMILES string of the molecule is COCCNCc1ccnc(C2CCOCC2)n1. The zero-order chi connectivity index (χ0) is 12.6. The van der Waals surface area contributed by atoms with E-state index in [9.17, 15) is 0 Å². The van der Waals surface area contributed by atoms with Gasteiger partial charge in [-0.2, -0.15) is 0 Å². The van der Waals surface area contributed by atoms with E-state index in [2.05, 4.69) is 15.3 Å². The predicted molar refractivity (Wildman–Crippen MR) is 68.4 cm³/mol. The molecular formula is C13H21N3O2. The summed E-state index contributed by atoms with van der Waals surface area (Å²) in [5.74, 6) is 1.42. The number of methoxy groups -OCH3 is 1. The summed E-state index contributed by atoms with van der Waals surface area (Å²) in [7, 11) is 1.70. The summed E-state index contributed by atoms with van der Waals surface area (Å²) in [6, 6.07) is 1.96. The Morgan fingerprint density at radius 1 is 1.44 bits per heavy atom. The fourth-order valence-corrected chi connectivity index (χ4v) is 2.05. The van der Waals surface area contributed by atoms with Gasteiger partial charge in [-0.15, -0.1) is 0 Å². The van der Waals surface area contributed by atoms with Crippen LogP contribution in [0, 0.1) is 0 Å². The number of hydrogen-bond donors (Lipinski definition) is 1. The van der Waals surface area contributed by atoms with Crippen LogP contribution in [0.4, 0.5) is 0 Å². The summed E-state index contributed by atoms with van der Waals surface area (Å²) in [6.07, 6.45) is 3.91. The lowest BCUT2D eigenvalue weighted by Gasteiger charge is -2.20. The number of hydrogen-bond acceptors (Lipinski definition) is 5. The van der Waals surface area contributed by atoms with Gasteiger partial charge in [0.15, 0.2) is 0 Å². The van der Waals surface area contributed by atoms with Gasteiger partial charge in [-0.05, 0) is 18.9 Å². The fraction of sp³-hybridized carbons (Fsp3) is 0.692. The van der Waals surface area contributed by atoms with Crippen molar-refractivity contribution in [1.29, 1.82) is 0 Å². The third kappa shape index (κ3) is 4.01. The minimum absolute atomic E-state index is 0.456. The molecule has 1 saturated heterocycles. The Kier molecular flexibility index (Phi) is 5.51. The summed E-state index contributed by atoms with van der Waals surface area (Å²) < 4.78 is 10.4. The van der Waals surface area contributed by atoms with Crippen LogP contribution in [0.25, 0.3) is 0 Å². The van der Waals surface area contributed by atoms with E-state index in [4.69, 9.17) is 9.47 Å². The molecule has 0 aromatic carbocycles. The fourth-order valence-electron chi connectivity index (χ4n) is 2.05. The molecule has 1 aliphatic rings. The van der Waals surface area contributed by atoms with Crippen LogP contribution in [0.15, 0.2) is 12.3 Å². The second-order valence-electron chi connectivity index (χ2n) is 4.46. The molecule has 2 rings (SSSR count). The van der Waals surface area contributed by atoms with Gasteiger partial charge in [-0.25, -0.2) is 9.97 Å². The van der Waals surface area contributed by atoms with Gasteiger partial charge in [-0.1, -0.05) is 0 Å². The molecule has 1 fully saturated rings. The standard InChI is InChI=1S/C13H21N3O2/c1-17-9-6-14-10-12-2-5-15-13(16-12)11-3-7-18-8-4-11/h2,5,11,14H,3-4,6-10H2,1H3. The van der Waals surface area contributed by atoms with Gasteiger partial charge in [0.05, 0.1) is 12.3 Å². The van der Waals surface area contributed by atoms with E-state index in [1.54, 1.807) is 7.11 Å². The predicted octanol–water partition coefficient (Wildman–Crippen LogP) is 1.11. The number of rotatable bonds is 6. The highest BCUT2D eigenvalue weighted by molar-refractivity contribution is 5.06. The Bertz CT molecular complexity index is 354. The molecule has 2 heterocycles. The zero-order valence-corrected chi connectivity index (χ0v) is 10.9. The molecule has 5 heteroatoms. The van der Waals surface area contributed by atoms with Crippen molar-refractivity contribution in [2.45, 2.75) is 25.3 Å². The van der Waals surface area contributed by atoms with E-state index in [0.29, 0.717) is 5.92 Å². The van der Waals surface area contributed by atoms with Gasteiger partial charge in [-0.3, -0.25) is 0 Å². The lowest BCUT2D eigenvalue weighted by molar-refractivity contribution is 0.0835. The molecule has 0 bridgehead atoms. The normalized spacial score (nSPS) is 16.9.